The molecule has 2 aromatic rings. The Morgan fingerprint density at radius 3 is 1.89 bits per heavy atom. The second-order valence-corrected chi connectivity index (χ2v) is 9.13. The Morgan fingerprint density at radius 2 is 1.36 bits per heavy atom. The number of esters is 3. The van der Waals surface area contributed by atoms with E-state index in [9.17, 15) is 19.2 Å². The summed E-state index contributed by atoms with van der Waals surface area (Å²) in [5, 5.41) is 0. The number of carbonyl (C=O) groups is 4. The lowest BCUT2D eigenvalue weighted by Crippen LogP contribution is -2.37. The van der Waals surface area contributed by atoms with E-state index in [1.165, 1.54) is 6.92 Å². The Morgan fingerprint density at radius 1 is 0.806 bits per heavy atom. The molecule has 2 aromatic carbocycles. The largest absolute Gasteiger partial charge is 0.466 e. The molecule has 3 rings (SSSR count). The average molecular weight is 495 g/mol. The predicted octanol–water partition coefficient (Wildman–Crippen LogP) is 4.81. The van der Waals surface area contributed by atoms with Gasteiger partial charge in [0.15, 0.2) is 5.92 Å². The number of ketones is 1. The van der Waals surface area contributed by atoms with Crippen LogP contribution in [0.4, 0.5) is 0 Å². The number of ether oxygens (including phenoxy) is 3. The molecule has 1 fully saturated rings. The molecular formula is C29H34O7. The highest BCUT2D eigenvalue weighted by atomic mass is 16.6. The van der Waals surface area contributed by atoms with Crippen LogP contribution in [0.3, 0.4) is 0 Å². The molecule has 2 unspecified atom stereocenters. The van der Waals surface area contributed by atoms with Crippen LogP contribution in [0.5, 0.6) is 0 Å². The lowest BCUT2D eigenvalue weighted by atomic mass is 9.80. The fourth-order valence-corrected chi connectivity index (χ4v) is 4.65. The average Bonchev–Trinajstić information content (AvgIpc) is 3.24. The third-order valence-electron chi connectivity index (χ3n) is 6.50. The minimum atomic E-state index is -1.16. The van der Waals surface area contributed by atoms with Crippen LogP contribution in [0.1, 0.15) is 56.6 Å². The second kappa shape index (κ2) is 14.2. The lowest BCUT2D eigenvalue weighted by molar-refractivity contribution is -0.167. The van der Waals surface area contributed by atoms with Crippen molar-refractivity contribution in [2.75, 3.05) is 6.61 Å². The number of unbranched alkanes of at least 4 members (excludes halogenated alkanes) is 2. The van der Waals surface area contributed by atoms with Gasteiger partial charge in [-0.15, -0.1) is 0 Å². The molecule has 0 saturated heterocycles. The summed E-state index contributed by atoms with van der Waals surface area (Å²) >= 11 is 0. The maximum atomic E-state index is 13.2. The van der Waals surface area contributed by atoms with Gasteiger partial charge < -0.3 is 14.2 Å². The van der Waals surface area contributed by atoms with Gasteiger partial charge in [-0.2, -0.15) is 0 Å². The summed E-state index contributed by atoms with van der Waals surface area (Å²) in [5.74, 6) is -3.58. The van der Waals surface area contributed by atoms with Gasteiger partial charge in [-0.25, -0.2) is 0 Å². The normalized spacial score (nSPS) is 17.1. The summed E-state index contributed by atoms with van der Waals surface area (Å²) < 4.78 is 16.0. The molecule has 1 aliphatic rings. The van der Waals surface area contributed by atoms with Gasteiger partial charge in [0.05, 0.1) is 6.61 Å². The minimum absolute atomic E-state index is 0.0453. The quantitative estimate of drug-likeness (QED) is 0.171. The molecule has 0 aromatic heterocycles. The van der Waals surface area contributed by atoms with Crippen molar-refractivity contribution >= 4 is 23.7 Å². The number of rotatable bonds is 13. The van der Waals surface area contributed by atoms with E-state index < -0.39 is 29.7 Å². The van der Waals surface area contributed by atoms with E-state index in [0.29, 0.717) is 32.3 Å². The Balaban J connectivity index is 1.66. The molecule has 0 spiro atoms. The van der Waals surface area contributed by atoms with Gasteiger partial charge in [-0.05, 0) is 36.3 Å². The van der Waals surface area contributed by atoms with Crippen LogP contribution in [-0.2, 0) is 46.6 Å². The molecule has 7 heteroatoms. The SMILES string of the molecule is CC(=O)OCCCCCC1C(=O)CCC1C(C(=O)OCc1ccccc1)C(=O)OCc1ccccc1. The van der Waals surface area contributed by atoms with Gasteiger partial charge in [0.1, 0.15) is 19.0 Å². The number of Topliss-reactive ketones (excluding diaryl/α,β-unsaturated/α-hetero) is 1. The van der Waals surface area contributed by atoms with Crippen LogP contribution >= 0.6 is 0 Å². The molecule has 0 N–H and O–H groups in total. The zero-order valence-corrected chi connectivity index (χ0v) is 20.7. The summed E-state index contributed by atoms with van der Waals surface area (Å²) in [6.45, 7) is 1.81. The predicted molar refractivity (Wildman–Crippen MR) is 132 cm³/mol. The van der Waals surface area contributed by atoms with Crippen molar-refractivity contribution < 1.29 is 33.4 Å². The van der Waals surface area contributed by atoms with Crippen LogP contribution < -0.4 is 0 Å². The van der Waals surface area contributed by atoms with Gasteiger partial charge in [-0.3, -0.25) is 19.2 Å². The summed E-state index contributed by atoms with van der Waals surface area (Å²) in [7, 11) is 0. The molecular weight excluding hydrogens is 460 g/mol. The van der Waals surface area contributed by atoms with E-state index in [4.69, 9.17) is 14.2 Å². The Bertz CT molecular complexity index is 947. The first-order valence-electron chi connectivity index (χ1n) is 12.5. The highest BCUT2D eigenvalue weighted by molar-refractivity contribution is 5.97. The monoisotopic (exact) mass is 494 g/mol. The van der Waals surface area contributed by atoms with Gasteiger partial charge in [0.25, 0.3) is 0 Å². The van der Waals surface area contributed by atoms with Crippen LogP contribution in [-0.4, -0.2) is 30.3 Å². The number of hydrogen-bond acceptors (Lipinski definition) is 7. The molecule has 0 radical (unpaired) electrons. The third-order valence-corrected chi connectivity index (χ3v) is 6.50. The van der Waals surface area contributed by atoms with Crippen molar-refractivity contribution in [2.24, 2.45) is 17.8 Å². The van der Waals surface area contributed by atoms with Gasteiger partial charge in [0.2, 0.25) is 0 Å². The minimum Gasteiger partial charge on any atom is -0.466 e. The molecule has 0 amide bonds. The van der Waals surface area contributed by atoms with Gasteiger partial charge in [0, 0.05) is 19.3 Å². The summed E-state index contributed by atoms with van der Waals surface area (Å²) in [6, 6.07) is 18.5. The molecule has 36 heavy (non-hydrogen) atoms. The first-order chi connectivity index (χ1) is 17.5. The Labute approximate surface area is 212 Å². The van der Waals surface area contributed by atoms with Crippen molar-refractivity contribution in [2.45, 2.75) is 58.7 Å². The Kier molecular flexibility index (Phi) is 10.7. The van der Waals surface area contributed by atoms with Gasteiger partial charge in [-0.1, -0.05) is 73.5 Å². The smallest absolute Gasteiger partial charge is 0.320 e. The summed E-state index contributed by atoms with van der Waals surface area (Å²) in [4.78, 5) is 50.0. The lowest BCUT2D eigenvalue weighted by Gasteiger charge is -2.25. The van der Waals surface area contributed by atoms with E-state index in [0.717, 1.165) is 24.0 Å². The van der Waals surface area contributed by atoms with Crippen molar-refractivity contribution in [1.29, 1.82) is 0 Å². The van der Waals surface area contributed by atoms with Crippen LogP contribution in [0.2, 0.25) is 0 Å². The van der Waals surface area contributed by atoms with Crippen LogP contribution in [0.25, 0.3) is 0 Å². The summed E-state index contributed by atoms with van der Waals surface area (Å²) in [5.41, 5.74) is 1.63. The fourth-order valence-electron chi connectivity index (χ4n) is 4.65. The van der Waals surface area contributed by atoms with Crippen LogP contribution in [0.15, 0.2) is 60.7 Å². The Hall–Kier alpha value is -3.48. The van der Waals surface area contributed by atoms with E-state index in [1.807, 2.05) is 60.7 Å². The molecule has 1 saturated carbocycles. The standard InChI is InChI=1S/C29H34O7/c1-21(30)34-18-10-4-9-15-24-25(16-17-26(24)31)27(28(32)35-19-22-11-5-2-6-12-22)29(33)36-20-23-13-7-3-8-14-23/h2-3,5-8,11-14,24-25,27H,4,9-10,15-20H2,1H3. The maximum Gasteiger partial charge on any atom is 0.320 e. The van der Waals surface area contributed by atoms with E-state index in [-0.39, 0.29) is 25.0 Å². The maximum absolute atomic E-state index is 13.2. The number of benzene rings is 2. The fraction of sp³-hybridized carbons (Fsp3) is 0.448. The van der Waals surface area contributed by atoms with Crippen molar-refractivity contribution in [3.05, 3.63) is 71.8 Å². The van der Waals surface area contributed by atoms with E-state index in [1.54, 1.807) is 0 Å². The molecule has 1 aliphatic carbocycles. The number of hydrogen-bond donors (Lipinski definition) is 0. The molecule has 2 atom stereocenters. The topological polar surface area (TPSA) is 96.0 Å². The van der Waals surface area contributed by atoms with Crippen molar-refractivity contribution in [3.8, 4) is 0 Å². The third kappa shape index (κ3) is 8.33. The first-order valence-corrected chi connectivity index (χ1v) is 12.5. The van der Waals surface area contributed by atoms with E-state index in [2.05, 4.69) is 0 Å². The highest BCUT2D eigenvalue weighted by Crippen LogP contribution is 2.39. The van der Waals surface area contributed by atoms with E-state index >= 15 is 0 Å². The second-order valence-electron chi connectivity index (χ2n) is 9.13. The van der Waals surface area contributed by atoms with Crippen molar-refractivity contribution in [3.63, 3.8) is 0 Å². The molecule has 7 nitrogen and oxygen atoms in total. The number of carbonyl (C=O) groups excluding carboxylic acids is 4. The molecule has 0 bridgehead atoms. The van der Waals surface area contributed by atoms with Gasteiger partial charge >= 0.3 is 17.9 Å². The molecule has 0 heterocycles. The zero-order chi connectivity index (χ0) is 25.8. The van der Waals surface area contributed by atoms with Crippen molar-refractivity contribution in [1.82, 2.24) is 0 Å². The highest BCUT2D eigenvalue weighted by Gasteiger charge is 2.47. The first kappa shape index (κ1) is 27.1. The molecule has 192 valence electrons. The van der Waals surface area contributed by atoms with Crippen LogP contribution in [0, 0.1) is 17.8 Å². The molecule has 0 aliphatic heterocycles. The zero-order valence-electron chi connectivity index (χ0n) is 20.7. The summed E-state index contributed by atoms with van der Waals surface area (Å²) in [6.07, 6.45) is 3.56.